The van der Waals surface area contributed by atoms with Gasteiger partial charge in [-0.25, -0.2) is 4.79 Å². The molecule has 0 aromatic carbocycles. The average molecular weight is 287 g/mol. The zero-order chi connectivity index (χ0) is 15.0. The maximum atomic E-state index is 11.5. The number of rotatable bonds is 5. The SMILES string of the molecule is COC(=O)CCN1CCN(CC(=O)NC(=O)OC)CC1. The van der Waals surface area contributed by atoms with Crippen LogP contribution >= 0.6 is 0 Å². The number of imide groups is 1. The van der Waals surface area contributed by atoms with Gasteiger partial charge in [0, 0.05) is 32.7 Å². The van der Waals surface area contributed by atoms with E-state index in [2.05, 4.69) is 19.7 Å². The van der Waals surface area contributed by atoms with Crippen LogP contribution in [0.3, 0.4) is 0 Å². The molecule has 0 unspecified atom stereocenters. The Kier molecular flexibility index (Phi) is 6.96. The maximum Gasteiger partial charge on any atom is 0.413 e. The van der Waals surface area contributed by atoms with E-state index < -0.39 is 6.09 Å². The zero-order valence-corrected chi connectivity index (χ0v) is 11.9. The summed E-state index contributed by atoms with van der Waals surface area (Å²) in [4.78, 5) is 37.5. The van der Waals surface area contributed by atoms with Gasteiger partial charge in [-0.2, -0.15) is 0 Å². The smallest absolute Gasteiger partial charge is 0.413 e. The molecule has 0 aromatic rings. The molecule has 0 aromatic heterocycles. The van der Waals surface area contributed by atoms with Crippen molar-refractivity contribution in [1.29, 1.82) is 0 Å². The minimum atomic E-state index is -0.744. The Morgan fingerprint density at radius 3 is 2.15 bits per heavy atom. The Balaban J connectivity index is 2.20. The van der Waals surface area contributed by atoms with Gasteiger partial charge < -0.3 is 14.4 Å². The summed E-state index contributed by atoms with van der Waals surface area (Å²) in [5.41, 5.74) is 0. The third-order valence-electron chi connectivity index (χ3n) is 3.12. The van der Waals surface area contributed by atoms with Crippen LogP contribution in [-0.2, 0) is 19.1 Å². The number of alkyl carbamates (subject to hydrolysis) is 1. The topological polar surface area (TPSA) is 88.2 Å². The van der Waals surface area contributed by atoms with Crippen LogP contribution in [0.2, 0.25) is 0 Å². The van der Waals surface area contributed by atoms with Gasteiger partial charge in [-0.15, -0.1) is 0 Å². The highest BCUT2D eigenvalue weighted by molar-refractivity contribution is 5.92. The van der Waals surface area contributed by atoms with E-state index in [9.17, 15) is 14.4 Å². The highest BCUT2D eigenvalue weighted by atomic mass is 16.5. The molecular weight excluding hydrogens is 266 g/mol. The van der Waals surface area contributed by atoms with E-state index in [1.165, 1.54) is 14.2 Å². The molecular formula is C12H21N3O5. The molecule has 8 heteroatoms. The lowest BCUT2D eigenvalue weighted by molar-refractivity contribution is -0.141. The van der Waals surface area contributed by atoms with Gasteiger partial charge in [-0.05, 0) is 0 Å². The molecule has 0 bridgehead atoms. The molecule has 1 heterocycles. The summed E-state index contributed by atoms with van der Waals surface area (Å²) in [6, 6.07) is 0. The van der Waals surface area contributed by atoms with Crippen molar-refractivity contribution in [1.82, 2.24) is 15.1 Å². The normalized spacial score (nSPS) is 16.5. The van der Waals surface area contributed by atoms with Crippen LogP contribution in [0.25, 0.3) is 0 Å². The van der Waals surface area contributed by atoms with Crippen molar-refractivity contribution in [2.24, 2.45) is 0 Å². The number of carbonyl (C=O) groups excluding carboxylic acids is 3. The number of methoxy groups -OCH3 is 2. The molecule has 0 saturated carbocycles. The Bertz CT molecular complexity index is 353. The van der Waals surface area contributed by atoms with Gasteiger partial charge in [0.15, 0.2) is 0 Å². The largest absolute Gasteiger partial charge is 0.469 e. The van der Waals surface area contributed by atoms with Gasteiger partial charge in [-0.1, -0.05) is 0 Å². The predicted molar refractivity (Wildman–Crippen MR) is 70.1 cm³/mol. The Labute approximate surface area is 118 Å². The molecule has 1 fully saturated rings. The zero-order valence-electron chi connectivity index (χ0n) is 11.9. The van der Waals surface area contributed by atoms with Crippen molar-refractivity contribution >= 4 is 18.0 Å². The molecule has 1 aliphatic heterocycles. The van der Waals surface area contributed by atoms with Crippen molar-refractivity contribution in [3.05, 3.63) is 0 Å². The van der Waals surface area contributed by atoms with E-state index in [4.69, 9.17) is 0 Å². The number of amides is 2. The van der Waals surface area contributed by atoms with Crippen molar-refractivity contribution < 1.29 is 23.9 Å². The minimum Gasteiger partial charge on any atom is -0.469 e. The number of carbonyl (C=O) groups is 3. The highest BCUT2D eigenvalue weighted by Gasteiger charge is 2.20. The summed E-state index contributed by atoms with van der Waals surface area (Å²) >= 11 is 0. The second-order valence-electron chi connectivity index (χ2n) is 4.48. The Morgan fingerprint density at radius 1 is 1.00 bits per heavy atom. The quantitative estimate of drug-likeness (QED) is 0.652. The fraction of sp³-hybridized carbons (Fsp3) is 0.750. The number of nitrogens with one attached hydrogen (secondary N) is 1. The summed E-state index contributed by atoms with van der Waals surface area (Å²) in [7, 11) is 2.59. The number of ether oxygens (including phenoxy) is 2. The summed E-state index contributed by atoms with van der Waals surface area (Å²) in [6.07, 6.45) is -0.369. The fourth-order valence-electron chi connectivity index (χ4n) is 1.93. The molecule has 2 amide bonds. The lowest BCUT2D eigenvalue weighted by Crippen LogP contribution is -2.50. The molecule has 1 rings (SSSR count). The van der Waals surface area contributed by atoms with Gasteiger partial charge in [0.25, 0.3) is 0 Å². The Morgan fingerprint density at radius 2 is 1.60 bits per heavy atom. The summed E-state index contributed by atoms with van der Waals surface area (Å²) < 4.78 is 8.94. The molecule has 0 radical (unpaired) electrons. The van der Waals surface area contributed by atoms with E-state index in [0.29, 0.717) is 13.0 Å². The number of hydrogen-bond donors (Lipinski definition) is 1. The van der Waals surface area contributed by atoms with Crippen molar-refractivity contribution in [3.8, 4) is 0 Å². The van der Waals surface area contributed by atoms with Crippen LogP contribution in [-0.4, -0.2) is 81.3 Å². The molecule has 1 N–H and O–H groups in total. The van der Waals surface area contributed by atoms with Gasteiger partial charge in [0.1, 0.15) is 0 Å². The lowest BCUT2D eigenvalue weighted by Gasteiger charge is -2.33. The van der Waals surface area contributed by atoms with Crippen LogP contribution in [0.4, 0.5) is 4.79 Å². The van der Waals surface area contributed by atoms with Crippen LogP contribution in [0.5, 0.6) is 0 Å². The third kappa shape index (κ3) is 5.98. The summed E-state index contributed by atoms with van der Waals surface area (Å²) in [5.74, 6) is -0.593. The van der Waals surface area contributed by atoms with Gasteiger partial charge >= 0.3 is 12.1 Å². The van der Waals surface area contributed by atoms with E-state index in [1.54, 1.807) is 0 Å². The second kappa shape index (κ2) is 8.49. The number of nitrogens with zero attached hydrogens (tertiary/aromatic N) is 2. The summed E-state index contributed by atoms with van der Waals surface area (Å²) in [6.45, 7) is 3.82. The Hall–Kier alpha value is -1.67. The molecule has 1 aliphatic rings. The predicted octanol–water partition coefficient (Wildman–Crippen LogP) is -0.950. The number of piperazine rings is 1. The highest BCUT2D eigenvalue weighted by Crippen LogP contribution is 2.02. The van der Waals surface area contributed by atoms with E-state index in [0.717, 1.165) is 26.2 Å². The second-order valence-corrected chi connectivity index (χ2v) is 4.48. The van der Waals surface area contributed by atoms with Crippen molar-refractivity contribution in [2.45, 2.75) is 6.42 Å². The molecule has 1 saturated heterocycles. The van der Waals surface area contributed by atoms with Gasteiger partial charge in [0.2, 0.25) is 5.91 Å². The monoisotopic (exact) mass is 287 g/mol. The molecule has 20 heavy (non-hydrogen) atoms. The van der Waals surface area contributed by atoms with Crippen LogP contribution in [0.1, 0.15) is 6.42 Å². The molecule has 8 nitrogen and oxygen atoms in total. The molecule has 0 atom stereocenters. The minimum absolute atomic E-state index is 0.167. The molecule has 0 spiro atoms. The van der Waals surface area contributed by atoms with E-state index in [1.807, 2.05) is 4.90 Å². The van der Waals surface area contributed by atoms with Gasteiger partial charge in [0.05, 0.1) is 27.2 Å². The first-order valence-corrected chi connectivity index (χ1v) is 6.44. The number of hydrogen-bond acceptors (Lipinski definition) is 7. The fourth-order valence-corrected chi connectivity index (χ4v) is 1.93. The first kappa shape index (κ1) is 16.4. The van der Waals surface area contributed by atoms with E-state index >= 15 is 0 Å². The van der Waals surface area contributed by atoms with Crippen molar-refractivity contribution in [2.75, 3.05) is 53.5 Å². The third-order valence-corrected chi connectivity index (χ3v) is 3.12. The van der Waals surface area contributed by atoms with Crippen LogP contribution in [0.15, 0.2) is 0 Å². The lowest BCUT2D eigenvalue weighted by atomic mass is 10.3. The standard InChI is InChI=1S/C12H21N3O5/c1-19-11(17)3-4-14-5-7-15(8-6-14)9-10(16)13-12(18)20-2/h3-9H2,1-2H3,(H,13,16,18). The molecule has 0 aliphatic carbocycles. The van der Waals surface area contributed by atoms with Gasteiger partial charge in [-0.3, -0.25) is 19.8 Å². The van der Waals surface area contributed by atoms with Crippen LogP contribution in [0, 0.1) is 0 Å². The molecule has 114 valence electrons. The maximum absolute atomic E-state index is 11.5. The van der Waals surface area contributed by atoms with E-state index in [-0.39, 0.29) is 18.4 Å². The number of esters is 1. The van der Waals surface area contributed by atoms with Crippen molar-refractivity contribution in [3.63, 3.8) is 0 Å². The first-order chi connectivity index (χ1) is 9.55. The average Bonchev–Trinajstić information content (AvgIpc) is 2.45. The van der Waals surface area contributed by atoms with Crippen LogP contribution < -0.4 is 5.32 Å². The first-order valence-electron chi connectivity index (χ1n) is 6.44. The summed E-state index contributed by atoms with van der Waals surface area (Å²) in [5, 5.41) is 2.12.